The zero-order chi connectivity index (χ0) is 29.3. The van der Waals surface area contributed by atoms with Gasteiger partial charge in [0, 0.05) is 30.3 Å². The number of aryl methyl sites for hydroxylation is 1. The number of nitrogens with zero attached hydrogens (tertiary/aromatic N) is 1. The van der Waals surface area contributed by atoms with Crippen molar-refractivity contribution in [2.45, 2.75) is 57.0 Å². The van der Waals surface area contributed by atoms with Gasteiger partial charge in [-0.25, -0.2) is 0 Å². The zero-order valence-electron chi connectivity index (χ0n) is 22.8. The molecule has 1 aliphatic heterocycles. The van der Waals surface area contributed by atoms with E-state index < -0.39 is 17.9 Å². The molecule has 1 saturated heterocycles. The predicted octanol–water partition coefficient (Wildman–Crippen LogP) is 3.14. The van der Waals surface area contributed by atoms with Gasteiger partial charge in [0.1, 0.15) is 23.0 Å². The van der Waals surface area contributed by atoms with E-state index >= 15 is 0 Å². The average Bonchev–Trinajstić information content (AvgIpc) is 3.70. The molecular formula is C29H34N4O7S. The van der Waals surface area contributed by atoms with Gasteiger partial charge < -0.3 is 31.0 Å². The van der Waals surface area contributed by atoms with E-state index in [0.717, 1.165) is 36.6 Å². The number of aromatic hydroxyl groups is 1. The summed E-state index contributed by atoms with van der Waals surface area (Å²) < 4.78 is 11.4. The minimum atomic E-state index is -1.02. The number of benzene rings is 1. The molecular weight excluding hydrogens is 548 g/mol. The summed E-state index contributed by atoms with van der Waals surface area (Å²) in [5, 5.41) is 12.6. The lowest BCUT2D eigenvalue weighted by Gasteiger charge is -2.28. The van der Waals surface area contributed by atoms with E-state index in [2.05, 4.69) is 5.32 Å². The molecule has 1 aromatic heterocycles. The SMILES string of the molecule is COc1cc(O)cc(-c2cc(CCCNC(=O)[C@@H](N)CC(N)=O)c(C=C3SC(=O)N(C4CC5CCC4C5)C3=O)o2)c1. The quantitative estimate of drug-likeness (QED) is 0.229. The van der Waals surface area contributed by atoms with Crippen LogP contribution in [0.2, 0.25) is 0 Å². The number of carbonyl (C=O) groups is 4. The molecule has 41 heavy (non-hydrogen) atoms. The summed E-state index contributed by atoms with van der Waals surface area (Å²) in [7, 11) is 1.49. The second-order valence-corrected chi connectivity index (χ2v) is 11.9. The van der Waals surface area contributed by atoms with Gasteiger partial charge in [0.25, 0.3) is 11.1 Å². The minimum Gasteiger partial charge on any atom is -0.508 e. The number of nitrogens with two attached hydrogens (primary N) is 2. The molecule has 2 aromatic rings. The Hall–Kier alpha value is -3.77. The Balaban J connectivity index is 1.36. The fourth-order valence-corrected chi connectivity index (χ4v) is 6.95. The summed E-state index contributed by atoms with van der Waals surface area (Å²) in [4.78, 5) is 51.3. The van der Waals surface area contributed by atoms with Crippen molar-refractivity contribution in [3.05, 3.63) is 40.5 Å². The van der Waals surface area contributed by atoms with Crippen LogP contribution < -0.4 is 21.5 Å². The van der Waals surface area contributed by atoms with Crippen LogP contribution in [0.1, 0.15) is 49.8 Å². The highest BCUT2D eigenvalue weighted by Gasteiger charge is 2.49. The number of phenols is 1. The standard InChI is InChI=1S/C29H34N4O7S/c1-39-20-10-18(9-19(34)12-20)23-11-17(3-2-6-32-27(36)21(30)13-26(31)35)24(40-23)14-25-28(37)33(29(38)41-25)22-8-15-4-5-16(22)7-15/h9-12,14-16,21-22,34H,2-8,13,30H2,1H3,(H2,31,35)(H,32,36)/t15?,16?,21-,22?/m0/s1. The normalized spacial score (nSPS) is 23.4. The molecule has 0 radical (unpaired) electrons. The molecule has 3 fully saturated rings. The molecule has 5 rings (SSSR count). The first-order chi connectivity index (χ1) is 19.6. The Labute approximate surface area is 241 Å². The van der Waals surface area contributed by atoms with Gasteiger partial charge in [0.15, 0.2) is 0 Å². The second kappa shape index (κ2) is 12.0. The van der Waals surface area contributed by atoms with Crippen molar-refractivity contribution >= 4 is 40.8 Å². The molecule has 3 aliphatic rings. The number of carbonyl (C=O) groups excluding carboxylic acids is 4. The predicted molar refractivity (Wildman–Crippen MR) is 153 cm³/mol. The average molecular weight is 583 g/mol. The summed E-state index contributed by atoms with van der Waals surface area (Å²) in [6.07, 6.45) is 6.51. The summed E-state index contributed by atoms with van der Waals surface area (Å²) in [6, 6.07) is 5.48. The van der Waals surface area contributed by atoms with Gasteiger partial charge in [-0.3, -0.25) is 24.1 Å². The number of hydrogen-bond donors (Lipinski definition) is 4. The molecule has 1 aromatic carbocycles. The van der Waals surface area contributed by atoms with Crippen LogP contribution in [0.25, 0.3) is 17.4 Å². The number of fused-ring (bicyclic) bond motifs is 2. The van der Waals surface area contributed by atoms with Gasteiger partial charge >= 0.3 is 0 Å². The maximum absolute atomic E-state index is 13.4. The van der Waals surface area contributed by atoms with Gasteiger partial charge in [-0.1, -0.05) is 6.42 Å². The number of amides is 4. The highest BCUT2D eigenvalue weighted by molar-refractivity contribution is 8.18. The number of primary amides is 1. The molecule has 4 atom stereocenters. The molecule has 3 unspecified atom stereocenters. The number of ether oxygens (including phenoxy) is 1. The number of phenolic OH excluding ortho intramolecular Hbond substituents is 1. The molecule has 11 nitrogen and oxygen atoms in total. The number of furan rings is 1. The van der Waals surface area contributed by atoms with E-state index in [1.54, 1.807) is 18.2 Å². The first-order valence-corrected chi connectivity index (χ1v) is 14.5. The van der Waals surface area contributed by atoms with Crippen molar-refractivity contribution in [3.63, 3.8) is 0 Å². The fourth-order valence-electron chi connectivity index (χ4n) is 6.09. The maximum atomic E-state index is 13.4. The molecule has 2 saturated carbocycles. The smallest absolute Gasteiger partial charge is 0.293 e. The molecule has 2 bridgehead atoms. The van der Waals surface area contributed by atoms with Crippen molar-refractivity contribution in [3.8, 4) is 22.8 Å². The summed E-state index contributed by atoms with van der Waals surface area (Å²) >= 11 is 0.923. The minimum absolute atomic E-state index is 0.000781. The third-order valence-electron chi connectivity index (χ3n) is 8.05. The molecule has 4 amide bonds. The first kappa shape index (κ1) is 28.7. The first-order valence-electron chi connectivity index (χ1n) is 13.7. The lowest BCUT2D eigenvalue weighted by Crippen LogP contribution is -2.43. The molecule has 218 valence electrons. The van der Waals surface area contributed by atoms with Gasteiger partial charge in [0.2, 0.25) is 11.8 Å². The van der Waals surface area contributed by atoms with Crippen LogP contribution in [0.4, 0.5) is 4.79 Å². The lowest BCUT2D eigenvalue weighted by molar-refractivity contribution is -0.126. The number of methoxy groups -OCH3 is 1. The van der Waals surface area contributed by atoms with Crippen molar-refractivity contribution in [2.75, 3.05) is 13.7 Å². The molecule has 6 N–H and O–H groups in total. The van der Waals surface area contributed by atoms with Crippen LogP contribution >= 0.6 is 11.8 Å². The van der Waals surface area contributed by atoms with Crippen LogP contribution in [0.5, 0.6) is 11.5 Å². The Morgan fingerprint density at radius 1 is 1.24 bits per heavy atom. The lowest BCUT2D eigenvalue weighted by atomic mass is 9.94. The van der Waals surface area contributed by atoms with E-state index in [1.165, 1.54) is 30.6 Å². The summed E-state index contributed by atoms with van der Waals surface area (Å²) in [5.41, 5.74) is 12.1. The third kappa shape index (κ3) is 6.28. The van der Waals surface area contributed by atoms with Crippen LogP contribution in [-0.2, 0) is 20.8 Å². The summed E-state index contributed by atoms with van der Waals surface area (Å²) in [5.74, 6) is 0.852. The number of imide groups is 1. The van der Waals surface area contributed by atoms with Crippen molar-refractivity contribution in [1.82, 2.24) is 10.2 Å². The van der Waals surface area contributed by atoms with Crippen molar-refractivity contribution in [1.29, 1.82) is 0 Å². The maximum Gasteiger partial charge on any atom is 0.293 e. The van der Waals surface area contributed by atoms with E-state index in [0.29, 0.717) is 52.4 Å². The Morgan fingerprint density at radius 3 is 2.73 bits per heavy atom. The van der Waals surface area contributed by atoms with E-state index in [1.807, 2.05) is 0 Å². The Bertz CT molecular complexity index is 1400. The number of hydrogen-bond acceptors (Lipinski definition) is 9. The van der Waals surface area contributed by atoms with E-state index in [-0.39, 0.29) is 35.9 Å². The highest BCUT2D eigenvalue weighted by atomic mass is 32.2. The highest BCUT2D eigenvalue weighted by Crippen LogP contribution is 2.49. The summed E-state index contributed by atoms with van der Waals surface area (Å²) in [6.45, 7) is 0.284. The Kier molecular flexibility index (Phi) is 8.41. The monoisotopic (exact) mass is 582 g/mol. The van der Waals surface area contributed by atoms with E-state index in [9.17, 15) is 24.3 Å². The topological polar surface area (TPSA) is 178 Å². The molecule has 2 heterocycles. The van der Waals surface area contributed by atoms with Gasteiger partial charge in [-0.05, 0) is 79.5 Å². The van der Waals surface area contributed by atoms with Crippen LogP contribution in [0.3, 0.4) is 0 Å². The van der Waals surface area contributed by atoms with Gasteiger partial charge in [-0.15, -0.1) is 0 Å². The van der Waals surface area contributed by atoms with E-state index in [4.69, 9.17) is 20.6 Å². The second-order valence-electron chi connectivity index (χ2n) is 10.9. The Morgan fingerprint density at radius 2 is 2.05 bits per heavy atom. The third-order valence-corrected chi connectivity index (χ3v) is 8.94. The van der Waals surface area contributed by atoms with Gasteiger partial charge in [0.05, 0.1) is 24.5 Å². The van der Waals surface area contributed by atoms with Crippen molar-refractivity contribution < 1.29 is 33.4 Å². The molecule has 0 spiro atoms. The zero-order valence-corrected chi connectivity index (χ0v) is 23.6. The van der Waals surface area contributed by atoms with Crippen LogP contribution in [0.15, 0.2) is 33.6 Å². The fraction of sp³-hybridized carbons (Fsp3) is 0.448. The number of thioether (sulfide) groups is 1. The number of rotatable bonds is 11. The van der Waals surface area contributed by atoms with Crippen molar-refractivity contribution in [2.24, 2.45) is 23.3 Å². The van der Waals surface area contributed by atoms with Gasteiger partial charge in [-0.2, -0.15) is 0 Å². The largest absolute Gasteiger partial charge is 0.508 e. The molecule has 2 aliphatic carbocycles. The molecule has 12 heteroatoms. The van der Waals surface area contributed by atoms with Crippen LogP contribution in [0, 0.1) is 11.8 Å². The van der Waals surface area contributed by atoms with Crippen LogP contribution in [-0.4, -0.2) is 58.7 Å². The number of nitrogens with one attached hydrogen (secondary N) is 1.